The fourth-order valence-electron chi connectivity index (χ4n) is 5.30. The van der Waals surface area contributed by atoms with Gasteiger partial charge in [0.2, 0.25) is 5.91 Å². The largest absolute Gasteiger partial charge is 0.481 e. The molecule has 1 saturated carbocycles. The Morgan fingerprint density at radius 3 is 2.11 bits per heavy atom. The molecule has 0 aliphatic heterocycles. The maximum Gasteiger partial charge on any atom is 0.407 e. The average Bonchev–Trinajstić information content (AvgIpc) is 3.14. The van der Waals surface area contributed by atoms with E-state index in [1.807, 2.05) is 45.0 Å². The molecule has 3 N–H and O–H groups in total. The summed E-state index contributed by atoms with van der Waals surface area (Å²) in [6, 6.07) is 14.9. The van der Waals surface area contributed by atoms with E-state index in [2.05, 4.69) is 34.9 Å². The lowest BCUT2D eigenvalue weighted by atomic mass is 9.82. The Bertz CT molecular complexity index is 1060. The van der Waals surface area contributed by atoms with Crippen LogP contribution in [0, 0.1) is 11.3 Å². The first-order valence-corrected chi connectivity index (χ1v) is 12.3. The standard InChI is InChI=1S/C28H34N2O5/c1-28(2,3)24(25(31)29-23-15-9-8-14-21(23)26(32)33)30-27(34)35-16-22-19-12-6-4-10-17(19)18-11-5-7-13-20(18)22/h4-7,10-13,21-24H,8-9,14-16H2,1-3H3,(H,29,31)(H,30,34)(H,32,33)/t21-,23+,24?/m0/s1. The van der Waals surface area contributed by atoms with Crippen LogP contribution in [-0.4, -0.2) is 41.8 Å². The van der Waals surface area contributed by atoms with Gasteiger partial charge in [0.25, 0.3) is 0 Å². The van der Waals surface area contributed by atoms with E-state index in [4.69, 9.17) is 4.74 Å². The van der Waals surface area contributed by atoms with Crippen LogP contribution in [0.25, 0.3) is 11.1 Å². The van der Waals surface area contributed by atoms with Gasteiger partial charge in [0, 0.05) is 12.0 Å². The van der Waals surface area contributed by atoms with Gasteiger partial charge in [-0.1, -0.05) is 82.1 Å². The van der Waals surface area contributed by atoms with E-state index >= 15 is 0 Å². The number of hydrogen-bond donors (Lipinski definition) is 3. The van der Waals surface area contributed by atoms with Crippen molar-refractivity contribution in [3.05, 3.63) is 59.7 Å². The minimum atomic E-state index is -0.896. The summed E-state index contributed by atoms with van der Waals surface area (Å²) < 4.78 is 5.64. The lowest BCUT2D eigenvalue weighted by Gasteiger charge is -2.34. The van der Waals surface area contributed by atoms with Crippen molar-refractivity contribution in [2.45, 2.75) is 64.5 Å². The summed E-state index contributed by atoms with van der Waals surface area (Å²) >= 11 is 0. The van der Waals surface area contributed by atoms with Gasteiger partial charge in [-0.25, -0.2) is 4.79 Å². The number of aliphatic carboxylic acids is 1. The van der Waals surface area contributed by atoms with E-state index in [1.165, 1.54) is 0 Å². The molecule has 0 bridgehead atoms. The van der Waals surface area contributed by atoms with Crippen LogP contribution in [0.3, 0.4) is 0 Å². The van der Waals surface area contributed by atoms with Crippen molar-refractivity contribution in [2.24, 2.45) is 11.3 Å². The van der Waals surface area contributed by atoms with Crippen LogP contribution < -0.4 is 10.6 Å². The maximum atomic E-state index is 13.2. The molecule has 0 radical (unpaired) electrons. The Labute approximate surface area is 206 Å². The van der Waals surface area contributed by atoms with Crippen molar-refractivity contribution in [3.63, 3.8) is 0 Å². The zero-order valence-electron chi connectivity index (χ0n) is 20.5. The van der Waals surface area contributed by atoms with E-state index < -0.39 is 35.5 Å². The molecule has 1 unspecified atom stereocenters. The Kier molecular flexibility index (Phi) is 7.15. The van der Waals surface area contributed by atoms with Crippen molar-refractivity contribution in [1.82, 2.24) is 10.6 Å². The molecule has 2 amide bonds. The van der Waals surface area contributed by atoms with E-state index in [1.54, 1.807) is 0 Å². The molecule has 3 atom stereocenters. The lowest BCUT2D eigenvalue weighted by Crippen LogP contribution is -2.57. The molecule has 2 aliphatic carbocycles. The second-order valence-corrected chi connectivity index (χ2v) is 10.6. The van der Waals surface area contributed by atoms with Gasteiger partial charge in [0.05, 0.1) is 5.92 Å². The first-order chi connectivity index (χ1) is 16.7. The number of rotatable bonds is 6. The summed E-state index contributed by atoms with van der Waals surface area (Å²) in [6.07, 6.45) is 2.20. The summed E-state index contributed by atoms with van der Waals surface area (Å²) in [6.45, 7) is 5.73. The predicted octanol–water partition coefficient (Wildman–Crippen LogP) is 4.70. The molecule has 0 spiro atoms. The van der Waals surface area contributed by atoms with Crippen LogP contribution >= 0.6 is 0 Å². The molecule has 0 aromatic heterocycles. The summed E-state index contributed by atoms with van der Waals surface area (Å²) in [4.78, 5) is 37.7. The molecule has 2 aromatic rings. The highest BCUT2D eigenvalue weighted by molar-refractivity contribution is 5.87. The molecule has 1 fully saturated rings. The molecular weight excluding hydrogens is 444 g/mol. The minimum Gasteiger partial charge on any atom is -0.481 e. The van der Waals surface area contributed by atoms with Crippen LogP contribution in [0.5, 0.6) is 0 Å². The van der Waals surface area contributed by atoms with E-state index in [0.29, 0.717) is 12.8 Å². The maximum absolute atomic E-state index is 13.2. The number of alkyl carbamates (subject to hydrolysis) is 1. The second kappa shape index (κ2) is 10.1. The first kappa shape index (κ1) is 24.8. The van der Waals surface area contributed by atoms with Crippen molar-refractivity contribution in [1.29, 1.82) is 0 Å². The van der Waals surface area contributed by atoms with Gasteiger partial charge in [-0.3, -0.25) is 9.59 Å². The third-order valence-corrected chi connectivity index (χ3v) is 7.14. The monoisotopic (exact) mass is 478 g/mol. The lowest BCUT2D eigenvalue weighted by molar-refractivity contribution is -0.144. The number of fused-ring (bicyclic) bond motifs is 3. The van der Waals surface area contributed by atoms with Crippen LogP contribution in [0.2, 0.25) is 0 Å². The number of carboxylic acid groups (broad SMARTS) is 1. The summed E-state index contributed by atoms with van der Waals surface area (Å²) in [5, 5.41) is 15.2. The zero-order chi connectivity index (χ0) is 25.2. The number of carbonyl (C=O) groups is 3. The summed E-state index contributed by atoms with van der Waals surface area (Å²) in [5.74, 6) is -1.97. The number of hydrogen-bond acceptors (Lipinski definition) is 4. The van der Waals surface area contributed by atoms with Crippen LogP contribution in [0.15, 0.2) is 48.5 Å². The molecule has 186 valence electrons. The Balaban J connectivity index is 1.42. The van der Waals surface area contributed by atoms with Crippen molar-refractivity contribution in [3.8, 4) is 11.1 Å². The molecule has 0 heterocycles. The number of carboxylic acids is 1. The molecule has 7 heteroatoms. The zero-order valence-corrected chi connectivity index (χ0v) is 20.5. The van der Waals surface area contributed by atoms with Crippen LogP contribution in [0.1, 0.15) is 63.5 Å². The highest BCUT2D eigenvalue weighted by Crippen LogP contribution is 2.44. The highest BCUT2D eigenvalue weighted by atomic mass is 16.5. The van der Waals surface area contributed by atoms with Gasteiger partial charge in [0.1, 0.15) is 12.6 Å². The van der Waals surface area contributed by atoms with Gasteiger partial charge in [-0.05, 0) is 40.5 Å². The minimum absolute atomic E-state index is 0.0753. The van der Waals surface area contributed by atoms with E-state index in [9.17, 15) is 19.5 Å². The fraction of sp³-hybridized carbons (Fsp3) is 0.464. The number of nitrogens with one attached hydrogen (secondary N) is 2. The Morgan fingerprint density at radius 2 is 1.54 bits per heavy atom. The van der Waals surface area contributed by atoms with Gasteiger partial charge < -0.3 is 20.5 Å². The summed E-state index contributed by atoms with van der Waals surface area (Å²) in [5.41, 5.74) is 3.92. The van der Waals surface area contributed by atoms with E-state index in [-0.39, 0.29) is 18.4 Å². The number of amides is 2. The molecule has 0 saturated heterocycles. The van der Waals surface area contributed by atoms with Gasteiger partial charge in [0.15, 0.2) is 0 Å². The average molecular weight is 479 g/mol. The first-order valence-electron chi connectivity index (χ1n) is 12.3. The molecular formula is C28H34N2O5. The third-order valence-electron chi connectivity index (χ3n) is 7.14. The molecule has 2 aliphatic rings. The topological polar surface area (TPSA) is 105 Å². The summed E-state index contributed by atoms with van der Waals surface area (Å²) in [7, 11) is 0. The van der Waals surface area contributed by atoms with E-state index in [0.717, 1.165) is 35.1 Å². The van der Waals surface area contributed by atoms with Crippen molar-refractivity contribution in [2.75, 3.05) is 6.61 Å². The smallest absolute Gasteiger partial charge is 0.407 e. The molecule has 4 rings (SSSR count). The Morgan fingerprint density at radius 1 is 0.971 bits per heavy atom. The van der Waals surface area contributed by atoms with Gasteiger partial charge >= 0.3 is 12.1 Å². The normalized spacial score (nSPS) is 20.3. The highest BCUT2D eigenvalue weighted by Gasteiger charge is 2.38. The van der Waals surface area contributed by atoms with Gasteiger partial charge in [-0.15, -0.1) is 0 Å². The van der Waals surface area contributed by atoms with Gasteiger partial charge in [-0.2, -0.15) is 0 Å². The third kappa shape index (κ3) is 5.34. The van der Waals surface area contributed by atoms with Crippen LogP contribution in [0.4, 0.5) is 4.79 Å². The molecule has 2 aromatic carbocycles. The van der Waals surface area contributed by atoms with Crippen LogP contribution in [-0.2, 0) is 14.3 Å². The number of carbonyl (C=O) groups excluding carboxylic acids is 2. The van der Waals surface area contributed by atoms with Crippen molar-refractivity contribution < 1.29 is 24.2 Å². The Hall–Kier alpha value is -3.35. The van der Waals surface area contributed by atoms with Crippen molar-refractivity contribution >= 4 is 18.0 Å². The predicted molar refractivity (Wildman–Crippen MR) is 133 cm³/mol. The fourth-order valence-corrected chi connectivity index (χ4v) is 5.30. The molecule has 7 nitrogen and oxygen atoms in total. The SMILES string of the molecule is CC(C)(C)C(NC(=O)OCC1c2ccccc2-c2ccccc21)C(=O)N[C@@H]1CCCC[C@@H]1C(=O)O. The molecule has 35 heavy (non-hydrogen) atoms. The second-order valence-electron chi connectivity index (χ2n) is 10.6. The number of ether oxygens (including phenoxy) is 1. The quantitative estimate of drug-likeness (QED) is 0.558. The number of benzene rings is 2.